The zero-order valence-electron chi connectivity index (χ0n) is 6.00. The Morgan fingerprint density at radius 2 is 1.91 bits per heavy atom. The minimum Gasteiger partial charge on any atom is -0.481 e. The highest BCUT2D eigenvalue weighted by Crippen LogP contribution is 2.17. The van der Waals surface area contributed by atoms with Crippen molar-refractivity contribution < 1.29 is 24.2 Å². The summed E-state index contributed by atoms with van der Waals surface area (Å²) in [5, 5.41) is 16.3. The number of halogens is 1. The molecule has 0 heterocycles. The third kappa shape index (κ3) is 3.54. The molecule has 0 aliphatic rings. The summed E-state index contributed by atoms with van der Waals surface area (Å²) in [6.45, 7) is 0.846. The van der Waals surface area contributed by atoms with Gasteiger partial charge in [0.1, 0.15) is 0 Å². The molecule has 1 unspecified atom stereocenters. The van der Waals surface area contributed by atoms with Gasteiger partial charge in [0.05, 0.1) is 0 Å². The number of aliphatic carboxylic acids is 2. The number of hydrogen-bond donors (Lipinski definition) is 2. The van der Waals surface area contributed by atoms with Gasteiger partial charge in [-0.1, -0.05) is 0 Å². The van der Waals surface area contributed by atoms with E-state index < -0.39 is 30.4 Å². The third-order valence-electron chi connectivity index (χ3n) is 1.25. The van der Waals surface area contributed by atoms with Crippen LogP contribution in [0.5, 0.6) is 0 Å². The summed E-state index contributed by atoms with van der Waals surface area (Å²) in [6, 6.07) is 0. The Hall–Kier alpha value is -1.13. The average molecular weight is 164 g/mol. The number of carbonyl (C=O) groups is 2. The van der Waals surface area contributed by atoms with Gasteiger partial charge >= 0.3 is 11.9 Å². The fourth-order valence-corrected chi connectivity index (χ4v) is 0.449. The Morgan fingerprint density at radius 1 is 1.45 bits per heavy atom. The van der Waals surface area contributed by atoms with Crippen molar-refractivity contribution in [1.29, 1.82) is 0 Å². The maximum absolute atomic E-state index is 12.7. The van der Waals surface area contributed by atoms with Crippen LogP contribution in [0.25, 0.3) is 0 Å². The summed E-state index contributed by atoms with van der Waals surface area (Å²) in [5.41, 5.74) is -2.43. The summed E-state index contributed by atoms with van der Waals surface area (Å²) in [4.78, 5) is 20.0. The fraction of sp³-hybridized carbons (Fsp3) is 0.667. The van der Waals surface area contributed by atoms with Gasteiger partial charge in [0, 0.05) is 12.8 Å². The van der Waals surface area contributed by atoms with E-state index in [1.54, 1.807) is 0 Å². The molecule has 0 aliphatic carbocycles. The molecule has 0 spiro atoms. The Bertz CT molecular complexity index is 175. The fourth-order valence-electron chi connectivity index (χ4n) is 0.449. The third-order valence-corrected chi connectivity index (χ3v) is 1.25. The minimum absolute atomic E-state index is 0.473. The maximum atomic E-state index is 12.7. The van der Waals surface area contributed by atoms with Gasteiger partial charge < -0.3 is 10.2 Å². The lowest BCUT2D eigenvalue weighted by Gasteiger charge is -2.12. The Balaban J connectivity index is 3.92. The van der Waals surface area contributed by atoms with E-state index in [0.29, 0.717) is 0 Å². The van der Waals surface area contributed by atoms with E-state index in [1.807, 2.05) is 0 Å². The van der Waals surface area contributed by atoms with Crippen LogP contribution in [0, 0.1) is 0 Å². The van der Waals surface area contributed by atoms with E-state index in [9.17, 15) is 14.0 Å². The summed E-state index contributed by atoms with van der Waals surface area (Å²) in [7, 11) is 0. The second-order valence-corrected chi connectivity index (χ2v) is 2.40. The van der Waals surface area contributed by atoms with E-state index in [2.05, 4.69) is 0 Å². The van der Waals surface area contributed by atoms with Crippen LogP contribution in [0.2, 0.25) is 0 Å². The zero-order valence-corrected chi connectivity index (χ0v) is 6.00. The molecule has 4 nitrogen and oxygen atoms in total. The largest absolute Gasteiger partial charge is 0.481 e. The molecule has 2 N–H and O–H groups in total. The molecule has 1 atom stereocenters. The molecule has 64 valence electrons. The molecule has 0 rings (SSSR count). The topological polar surface area (TPSA) is 74.6 Å². The van der Waals surface area contributed by atoms with Crippen molar-refractivity contribution >= 4 is 11.9 Å². The van der Waals surface area contributed by atoms with Gasteiger partial charge in [-0.25, -0.2) is 9.18 Å². The van der Waals surface area contributed by atoms with E-state index in [-0.39, 0.29) is 0 Å². The second-order valence-electron chi connectivity index (χ2n) is 2.40. The quantitative estimate of drug-likeness (QED) is 0.640. The van der Waals surface area contributed by atoms with Crippen LogP contribution < -0.4 is 0 Å². The van der Waals surface area contributed by atoms with E-state index in [4.69, 9.17) is 10.2 Å². The van der Waals surface area contributed by atoms with Crippen LogP contribution in [-0.4, -0.2) is 27.8 Å². The molecule has 0 saturated carbocycles. The lowest BCUT2D eigenvalue weighted by Crippen LogP contribution is -2.30. The van der Waals surface area contributed by atoms with Crippen LogP contribution in [0.3, 0.4) is 0 Å². The number of carboxylic acids is 2. The molecule has 0 bridgehead atoms. The van der Waals surface area contributed by atoms with Crippen molar-refractivity contribution in [2.75, 3.05) is 0 Å². The number of hydrogen-bond acceptors (Lipinski definition) is 2. The molecule has 0 radical (unpaired) electrons. The van der Waals surface area contributed by atoms with Crippen molar-refractivity contribution in [3.05, 3.63) is 0 Å². The van der Waals surface area contributed by atoms with Crippen molar-refractivity contribution in [3.63, 3.8) is 0 Å². The van der Waals surface area contributed by atoms with Gasteiger partial charge in [-0.05, 0) is 6.92 Å². The molecule has 0 amide bonds. The van der Waals surface area contributed by atoms with Gasteiger partial charge in [0.25, 0.3) is 0 Å². The van der Waals surface area contributed by atoms with Gasteiger partial charge in [-0.15, -0.1) is 0 Å². The van der Waals surface area contributed by atoms with Crippen molar-refractivity contribution in [2.45, 2.75) is 25.4 Å². The molecular formula is C6H9FO4. The molecule has 0 aromatic heterocycles. The molecule has 0 aliphatic heterocycles. The van der Waals surface area contributed by atoms with E-state index >= 15 is 0 Å². The summed E-state index contributed by atoms with van der Waals surface area (Å²) in [5.74, 6) is -2.83. The average Bonchev–Trinajstić information content (AvgIpc) is 1.84. The minimum atomic E-state index is -2.43. The highest BCUT2D eigenvalue weighted by atomic mass is 19.1. The number of carboxylic acid groups (broad SMARTS) is 2. The molecule has 11 heavy (non-hydrogen) atoms. The van der Waals surface area contributed by atoms with Gasteiger partial charge in [0.15, 0.2) is 0 Å². The summed E-state index contributed by atoms with van der Waals surface area (Å²) < 4.78 is 12.7. The van der Waals surface area contributed by atoms with E-state index in [0.717, 1.165) is 6.92 Å². The van der Waals surface area contributed by atoms with Crippen molar-refractivity contribution in [1.82, 2.24) is 0 Å². The highest BCUT2D eigenvalue weighted by molar-refractivity contribution is 5.77. The number of rotatable bonds is 4. The van der Waals surface area contributed by atoms with Crippen LogP contribution >= 0.6 is 0 Å². The standard InChI is InChI=1S/C6H9FO4/c1-6(7,5(10)11)3-2-4(8)9/h2-3H2,1H3,(H,8,9)(H,10,11). The molecular weight excluding hydrogens is 155 g/mol. The van der Waals surface area contributed by atoms with Crippen molar-refractivity contribution in [2.24, 2.45) is 0 Å². The molecule has 0 fully saturated rings. The first-order valence-electron chi connectivity index (χ1n) is 3.00. The molecule has 0 aromatic carbocycles. The maximum Gasteiger partial charge on any atom is 0.341 e. The smallest absolute Gasteiger partial charge is 0.341 e. The SMILES string of the molecule is CC(F)(CCC(=O)O)C(=O)O. The first-order chi connectivity index (χ1) is 4.86. The monoisotopic (exact) mass is 164 g/mol. The molecule has 5 heteroatoms. The van der Waals surface area contributed by atoms with Crippen molar-refractivity contribution in [3.8, 4) is 0 Å². The lowest BCUT2D eigenvalue weighted by molar-refractivity contribution is -0.151. The van der Waals surface area contributed by atoms with Crippen LogP contribution in [0.4, 0.5) is 4.39 Å². The molecule has 0 saturated heterocycles. The van der Waals surface area contributed by atoms with Crippen LogP contribution in [0.1, 0.15) is 19.8 Å². The first-order valence-corrected chi connectivity index (χ1v) is 3.00. The predicted octanol–water partition coefficient (Wildman–Crippen LogP) is 0.664. The Labute approximate surface area is 62.6 Å². The van der Waals surface area contributed by atoms with Gasteiger partial charge in [-0.3, -0.25) is 4.79 Å². The molecule has 0 aromatic rings. The van der Waals surface area contributed by atoms with E-state index in [1.165, 1.54) is 0 Å². The normalized spacial score (nSPS) is 15.5. The van der Waals surface area contributed by atoms with Gasteiger partial charge in [-0.2, -0.15) is 0 Å². The Kier molecular flexibility index (Phi) is 2.98. The van der Waals surface area contributed by atoms with Gasteiger partial charge in [0.2, 0.25) is 5.67 Å². The highest BCUT2D eigenvalue weighted by Gasteiger charge is 2.32. The van der Waals surface area contributed by atoms with Crippen LogP contribution in [0.15, 0.2) is 0 Å². The first kappa shape index (κ1) is 9.87. The lowest BCUT2D eigenvalue weighted by atomic mass is 10.0. The second kappa shape index (κ2) is 3.32. The predicted molar refractivity (Wildman–Crippen MR) is 34.0 cm³/mol. The van der Waals surface area contributed by atoms with Crippen LogP contribution in [-0.2, 0) is 9.59 Å². The number of alkyl halides is 1. The Morgan fingerprint density at radius 3 is 2.18 bits per heavy atom. The summed E-state index contributed by atoms with van der Waals surface area (Å²) in [6.07, 6.45) is -0.975. The zero-order chi connectivity index (χ0) is 9.07. The summed E-state index contributed by atoms with van der Waals surface area (Å²) >= 11 is 0.